The average molecular weight is 375 g/mol. The molecule has 1 aromatic heterocycles. The maximum Gasteiger partial charge on any atom is 0.252 e. The number of rotatable bonds is 8. The van der Waals surface area contributed by atoms with Gasteiger partial charge in [0.15, 0.2) is 0 Å². The summed E-state index contributed by atoms with van der Waals surface area (Å²) in [6.07, 6.45) is 4.41. The van der Waals surface area contributed by atoms with E-state index in [0.29, 0.717) is 18.0 Å². The minimum absolute atomic E-state index is 0.0738. The van der Waals surface area contributed by atoms with Crippen LogP contribution in [0.5, 0.6) is 0 Å². The van der Waals surface area contributed by atoms with Crippen molar-refractivity contribution in [2.24, 2.45) is 11.8 Å². The van der Waals surface area contributed by atoms with Gasteiger partial charge in [-0.15, -0.1) is 0 Å². The maximum absolute atomic E-state index is 12.5. The van der Waals surface area contributed by atoms with E-state index in [9.17, 15) is 9.59 Å². The number of piperazine rings is 1. The van der Waals surface area contributed by atoms with Crippen molar-refractivity contribution in [3.63, 3.8) is 0 Å². The van der Waals surface area contributed by atoms with Gasteiger partial charge in [-0.2, -0.15) is 0 Å². The van der Waals surface area contributed by atoms with Crippen molar-refractivity contribution in [1.29, 1.82) is 0 Å². The number of hydrogen-bond donors (Lipinski definition) is 1. The zero-order valence-electron chi connectivity index (χ0n) is 17.2. The van der Waals surface area contributed by atoms with E-state index < -0.39 is 0 Å². The van der Waals surface area contributed by atoms with Gasteiger partial charge >= 0.3 is 0 Å². The first-order valence-electron chi connectivity index (χ1n) is 10.2. The van der Waals surface area contributed by atoms with E-state index in [4.69, 9.17) is 0 Å². The molecule has 6 heteroatoms. The molecule has 0 aromatic carbocycles. The van der Waals surface area contributed by atoms with E-state index in [0.717, 1.165) is 51.3 Å². The number of nitrogens with zero attached hydrogens (tertiary/aromatic N) is 3. The first kappa shape index (κ1) is 21.2. The molecule has 0 radical (unpaired) electrons. The third kappa shape index (κ3) is 5.94. The van der Waals surface area contributed by atoms with E-state index in [1.165, 1.54) is 0 Å². The van der Waals surface area contributed by atoms with Crippen molar-refractivity contribution in [2.75, 3.05) is 37.6 Å². The van der Waals surface area contributed by atoms with Crippen LogP contribution in [0.3, 0.4) is 0 Å². The van der Waals surface area contributed by atoms with Gasteiger partial charge in [0, 0.05) is 44.8 Å². The molecular formula is C21H34N4O2. The number of amides is 2. The third-order valence-corrected chi connectivity index (χ3v) is 5.27. The molecule has 1 aliphatic heterocycles. The Labute approximate surface area is 163 Å². The van der Waals surface area contributed by atoms with Crippen molar-refractivity contribution >= 4 is 17.6 Å². The Balaban J connectivity index is 1.86. The molecule has 6 nitrogen and oxygen atoms in total. The van der Waals surface area contributed by atoms with Gasteiger partial charge < -0.3 is 15.1 Å². The third-order valence-electron chi connectivity index (χ3n) is 5.27. The Bertz CT molecular complexity index is 603. The summed E-state index contributed by atoms with van der Waals surface area (Å²) in [7, 11) is 0. The predicted octanol–water partition coefficient (Wildman–Crippen LogP) is 2.94. The van der Waals surface area contributed by atoms with E-state index >= 15 is 0 Å². The molecule has 1 aliphatic rings. The fraction of sp³-hybridized carbons (Fsp3) is 0.667. The summed E-state index contributed by atoms with van der Waals surface area (Å²) >= 11 is 0. The number of nitrogens with one attached hydrogen (secondary N) is 1. The Morgan fingerprint density at radius 2 is 1.78 bits per heavy atom. The quantitative estimate of drug-likeness (QED) is 0.760. The van der Waals surface area contributed by atoms with Crippen molar-refractivity contribution in [3.05, 3.63) is 23.9 Å². The second-order valence-electron chi connectivity index (χ2n) is 7.67. The number of aromatic nitrogens is 1. The Kier molecular flexibility index (Phi) is 8.07. The molecule has 0 aliphatic carbocycles. The van der Waals surface area contributed by atoms with Gasteiger partial charge in [0.25, 0.3) is 5.91 Å². The Hall–Kier alpha value is -2.11. The zero-order valence-corrected chi connectivity index (χ0v) is 17.2. The minimum Gasteiger partial charge on any atom is -0.353 e. The van der Waals surface area contributed by atoms with Gasteiger partial charge in [0.2, 0.25) is 5.91 Å². The monoisotopic (exact) mass is 374 g/mol. The van der Waals surface area contributed by atoms with Crippen LogP contribution >= 0.6 is 0 Å². The molecule has 1 saturated heterocycles. The summed E-state index contributed by atoms with van der Waals surface area (Å²) in [6.45, 7) is 12.1. The topological polar surface area (TPSA) is 65.5 Å². The molecule has 1 N–H and O–H groups in total. The molecule has 2 heterocycles. The van der Waals surface area contributed by atoms with Gasteiger partial charge in [0.05, 0.1) is 5.56 Å². The average Bonchev–Trinajstić information content (AvgIpc) is 2.68. The van der Waals surface area contributed by atoms with E-state index in [2.05, 4.69) is 42.9 Å². The molecule has 150 valence electrons. The first-order chi connectivity index (χ1) is 13.0. The fourth-order valence-corrected chi connectivity index (χ4v) is 3.34. The van der Waals surface area contributed by atoms with Crippen LogP contribution in [-0.4, -0.2) is 54.4 Å². The largest absolute Gasteiger partial charge is 0.353 e. The van der Waals surface area contributed by atoms with Crippen molar-refractivity contribution in [2.45, 2.75) is 47.0 Å². The number of carbonyl (C=O) groups is 2. The molecule has 0 bridgehead atoms. The van der Waals surface area contributed by atoms with Gasteiger partial charge in [0.1, 0.15) is 5.82 Å². The van der Waals surface area contributed by atoms with Gasteiger partial charge in [-0.25, -0.2) is 4.98 Å². The van der Waals surface area contributed by atoms with Crippen LogP contribution < -0.4 is 10.2 Å². The normalized spacial score (nSPS) is 14.7. The van der Waals surface area contributed by atoms with Crippen molar-refractivity contribution < 1.29 is 9.59 Å². The highest BCUT2D eigenvalue weighted by molar-refractivity contribution is 5.94. The molecule has 0 unspecified atom stereocenters. The van der Waals surface area contributed by atoms with Crippen LogP contribution in [0.1, 0.15) is 57.3 Å². The summed E-state index contributed by atoms with van der Waals surface area (Å²) in [5, 5.41) is 2.93. The SMILES string of the molecule is CCC(CC)C(=O)N1CCN(c2ccc(C(=O)NCCC(C)C)cn2)CC1. The molecule has 27 heavy (non-hydrogen) atoms. The van der Waals surface area contributed by atoms with Gasteiger partial charge in [-0.05, 0) is 37.3 Å². The zero-order chi connectivity index (χ0) is 19.8. The highest BCUT2D eigenvalue weighted by Gasteiger charge is 2.25. The molecular weight excluding hydrogens is 340 g/mol. The lowest BCUT2D eigenvalue weighted by molar-refractivity contribution is -0.136. The van der Waals surface area contributed by atoms with Gasteiger partial charge in [-0.1, -0.05) is 27.7 Å². The lowest BCUT2D eigenvalue weighted by Crippen LogP contribution is -2.50. The summed E-state index contributed by atoms with van der Waals surface area (Å²) in [4.78, 5) is 33.3. The predicted molar refractivity (Wildman–Crippen MR) is 109 cm³/mol. The summed E-state index contributed by atoms with van der Waals surface area (Å²) in [5.41, 5.74) is 0.588. The number of carbonyl (C=O) groups excluding carboxylic acids is 2. The first-order valence-corrected chi connectivity index (χ1v) is 10.2. The van der Waals surface area contributed by atoms with Crippen LogP contribution in [0, 0.1) is 11.8 Å². The lowest BCUT2D eigenvalue weighted by Gasteiger charge is -2.36. The van der Waals surface area contributed by atoms with Crippen LogP contribution in [0.15, 0.2) is 18.3 Å². The molecule has 1 aromatic rings. The smallest absolute Gasteiger partial charge is 0.252 e. The second-order valence-corrected chi connectivity index (χ2v) is 7.67. The van der Waals surface area contributed by atoms with Gasteiger partial charge in [-0.3, -0.25) is 9.59 Å². The van der Waals surface area contributed by atoms with Crippen molar-refractivity contribution in [3.8, 4) is 0 Å². The standard InChI is InChI=1S/C21H34N4O2/c1-5-17(6-2)21(27)25-13-11-24(12-14-25)19-8-7-18(15-23-19)20(26)22-10-9-16(3)4/h7-8,15-17H,5-6,9-14H2,1-4H3,(H,22,26). The molecule has 0 saturated carbocycles. The molecule has 2 amide bonds. The molecule has 0 spiro atoms. The number of anilines is 1. The van der Waals surface area contributed by atoms with E-state index in [1.54, 1.807) is 6.20 Å². The lowest BCUT2D eigenvalue weighted by atomic mass is 10.0. The van der Waals surface area contributed by atoms with Crippen molar-refractivity contribution in [1.82, 2.24) is 15.2 Å². The fourth-order valence-electron chi connectivity index (χ4n) is 3.34. The second kappa shape index (κ2) is 10.3. The highest BCUT2D eigenvalue weighted by atomic mass is 16.2. The molecule has 1 fully saturated rings. The summed E-state index contributed by atoms with van der Waals surface area (Å²) in [5.74, 6) is 1.78. The van der Waals surface area contributed by atoms with Crippen LogP contribution in [0.25, 0.3) is 0 Å². The highest BCUT2D eigenvalue weighted by Crippen LogP contribution is 2.17. The molecule has 0 atom stereocenters. The van der Waals surface area contributed by atoms with Crippen LogP contribution in [0.2, 0.25) is 0 Å². The Morgan fingerprint density at radius 3 is 2.30 bits per heavy atom. The number of pyridine rings is 1. The maximum atomic E-state index is 12.5. The van der Waals surface area contributed by atoms with E-state index in [1.807, 2.05) is 17.0 Å². The minimum atomic E-state index is -0.0738. The summed E-state index contributed by atoms with van der Waals surface area (Å²) in [6, 6.07) is 3.73. The molecule has 2 rings (SSSR count). The Morgan fingerprint density at radius 1 is 1.11 bits per heavy atom. The van der Waals surface area contributed by atoms with Crippen LogP contribution in [-0.2, 0) is 4.79 Å². The van der Waals surface area contributed by atoms with E-state index in [-0.39, 0.29) is 17.7 Å². The summed E-state index contributed by atoms with van der Waals surface area (Å²) < 4.78 is 0. The number of hydrogen-bond acceptors (Lipinski definition) is 4. The van der Waals surface area contributed by atoms with Crippen LogP contribution in [0.4, 0.5) is 5.82 Å².